The zero-order chi connectivity index (χ0) is 17.4. The Kier molecular flexibility index (Phi) is 4.25. The number of halogens is 1. The molecule has 0 saturated carbocycles. The lowest BCUT2D eigenvalue weighted by molar-refractivity contribution is -0.123. The zero-order valence-electron chi connectivity index (χ0n) is 13.7. The lowest BCUT2D eigenvalue weighted by atomic mass is 10.0. The Morgan fingerprint density at radius 3 is 2.64 bits per heavy atom. The van der Waals surface area contributed by atoms with Crippen LogP contribution in [0.5, 0.6) is 0 Å². The Morgan fingerprint density at radius 2 is 1.88 bits per heavy atom. The molecule has 1 aliphatic carbocycles. The highest BCUT2D eigenvalue weighted by Gasteiger charge is 2.35. The second-order valence-corrected chi connectivity index (χ2v) is 6.72. The molecule has 2 unspecified atom stereocenters. The van der Waals surface area contributed by atoms with E-state index in [9.17, 15) is 9.18 Å². The molecule has 2 aromatic rings. The Hall–Kier alpha value is -2.28. The first-order valence-electron chi connectivity index (χ1n) is 8.52. The van der Waals surface area contributed by atoms with Gasteiger partial charge in [0.1, 0.15) is 11.9 Å². The van der Waals surface area contributed by atoms with Crippen molar-refractivity contribution >= 4 is 5.91 Å². The van der Waals surface area contributed by atoms with Crippen molar-refractivity contribution in [1.82, 2.24) is 16.2 Å². The molecule has 1 amide bonds. The van der Waals surface area contributed by atoms with Crippen LogP contribution in [-0.2, 0) is 11.2 Å². The van der Waals surface area contributed by atoms with Crippen molar-refractivity contribution in [1.29, 1.82) is 0 Å². The lowest BCUT2D eigenvalue weighted by Gasteiger charge is -2.20. The van der Waals surface area contributed by atoms with E-state index in [0.717, 1.165) is 17.5 Å². The van der Waals surface area contributed by atoms with Gasteiger partial charge < -0.3 is 11.1 Å². The van der Waals surface area contributed by atoms with E-state index in [2.05, 4.69) is 22.2 Å². The van der Waals surface area contributed by atoms with E-state index in [-0.39, 0.29) is 35.9 Å². The Labute approximate surface area is 145 Å². The maximum absolute atomic E-state index is 13.0. The fourth-order valence-electron chi connectivity index (χ4n) is 3.69. The molecule has 5 N–H and O–H groups in total. The molecule has 6 heteroatoms. The van der Waals surface area contributed by atoms with Crippen molar-refractivity contribution in [2.75, 3.05) is 0 Å². The Balaban J connectivity index is 1.37. The zero-order valence-corrected chi connectivity index (χ0v) is 13.7. The molecule has 0 radical (unpaired) electrons. The molecule has 130 valence electrons. The molecule has 1 heterocycles. The van der Waals surface area contributed by atoms with Crippen LogP contribution in [0.4, 0.5) is 4.39 Å². The molecule has 2 aromatic carbocycles. The largest absolute Gasteiger partial charge is 0.350 e. The van der Waals surface area contributed by atoms with Crippen LogP contribution in [0, 0.1) is 5.82 Å². The van der Waals surface area contributed by atoms with Crippen LogP contribution in [0.1, 0.15) is 35.2 Å². The second kappa shape index (κ2) is 6.55. The molecule has 1 fully saturated rings. The maximum Gasteiger partial charge on any atom is 0.238 e. The molecule has 1 saturated heterocycles. The molecule has 1 aliphatic heterocycles. The second-order valence-electron chi connectivity index (χ2n) is 6.72. The third-order valence-corrected chi connectivity index (χ3v) is 5.11. The van der Waals surface area contributed by atoms with Crippen molar-refractivity contribution in [3.63, 3.8) is 0 Å². The van der Waals surface area contributed by atoms with E-state index in [4.69, 9.17) is 5.73 Å². The summed E-state index contributed by atoms with van der Waals surface area (Å²) in [5, 5.41) is 3.07. The summed E-state index contributed by atoms with van der Waals surface area (Å²) in [5.41, 5.74) is 15.7. The van der Waals surface area contributed by atoms with Gasteiger partial charge in [-0.25, -0.2) is 15.2 Å². The van der Waals surface area contributed by atoms with E-state index < -0.39 is 0 Å². The smallest absolute Gasteiger partial charge is 0.238 e. The van der Waals surface area contributed by atoms with Crippen LogP contribution in [0.15, 0.2) is 48.5 Å². The van der Waals surface area contributed by atoms with Gasteiger partial charge in [0.05, 0.1) is 12.1 Å². The molecular weight excluding hydrogens is 319 g/mol. The molecule has 2 aliphatic rings. The number of carbonyl (C=O) groups is 1. The van der Waals surface area contributed by atoms with Gasteiger partial charge in [-0.05, 0) is 41.7 Å². The van der Waals surface area contributed by atoms with Gasteiger partial charge in [-0.1, -0.05) is 36.4 Å². The number of nitrogens with two attached hydrogens (primary N) is 1. The summed E-state index contributed by atoms with van der Waals surface area (Å²) in [7, 11) is 0. The molecule has 4 atom stereocenters. The first-order valence-corrected chi connectivity index (χ1v) is 8.52. The van der Waals surface area contributed by atoms with Gasteiger partial charge in [-0.3, -0.25) is 4.79 Å². The third kappa shape index (κ3) is 3.16. The molecule has 0 aromatic heterocycles. The van der Waals surface area contributed by atoms with Crippen LogP contribution >= 0.6 is 0 Å². The number of benzene rings is 2. The summed E-state index contributed by atoms with van der Waals surface area (Å²) in [6.45, 7) is 0. The van der Waals surface area contributed by atoms with E-state index >= 15 is 0 Å². The first kappa shape index (κ1) is 16.2. The summed E-state index contributed by atoms with van der Waals surface area (Å²) >= 11 is 0. The standard InChI is InChI=1S/C19H21FN4O/c20-13-7-5-11(6-8-13)15-10-17(24-23-15)19(25)22-16-9-12-3-1-2-4-14(12)18(16)21/h1-8,15-18,23-24H,9-10,21H2,(H,22,25)/t15?,16-,17?,18-/m0/s1. The fraction of sp³-hybridized carbons (Fsp3) is 0.316. The average Bonchev–Trinajstić information content (AvgIpc) is 3.22. The van der Waals surface area contributed by atoms with Crippen molar-refractivity contribution in [2.24, 2.45) is 5.73 Å². The van der Waals surface area contributed by atoms with Crippen LogP contribution < -0.4 is 21.9 Å². The Bertz CT molecular complexity index is 779. The number of hydrogen-bond donors (Lipinski definition) is 4. The van der Waals surface area contributed by atoms with Crippen LogP contribution in [0.2, 0.25) is 0 Å². The number of hydrazine groups is 1. The minimum atomic E-state index is -0.342. The van der Waals surface area contributed by atoms with E-state index in [1.807, 2.05) is 18.2 Å². The van der Waals surface area contributed by atoms with E-state index in [1.165, 1.54) is 17.7 Å². The third-order valence-electron chi connectivity index (χ3n) is 5.11. The number of nitrogens with one attached hydrogen (secondary N) is 3. The predicted octanol–water partition coefficient (Wildman–Crippen LogP) is 1.47. The normalized spacial score (nSPS) is 27.9. The van der Waals surface area contributed by atoms with Gasteiger partial charge >= 0.3 is 0 Å². The van der Waals surface area contributed by atoms with Crippen molar-refractivity contribution in [2.45, 2.75) is 37.0 Å². The maximum atomic E-state index is 13.0. The van der Waals surface area contributed by atoms with Gasteiger partial charge in [0.25, 0.3) is 0 Å². The van der Waals surface area contributed by atoms with E-state index in [0.29, 0.717) is 6.42 Å². The summed E-state index contributed by atoms with van der Waals surface area (Å²) in [5.74, 6) is -0.329. The number of carbonyl (C=O) groups excluding carboxylic acids is 1. The average molecular weight is 340 g/mol. The van der Waals surface area contributed by atoms with Crippen LogP contribution in [0.25, 0.3) is 0 Å². The highest BCUT2D eigenvalue weighted by atomic mass is 19.1. The monoisotopic (exact) mass is 340 g/mol. The molecule has 25 heavy (non-hydrogen) atoms. The minimum absolute atomic E-state index is 0.0224. The summed E-state index contributed by atoms with van der Waals surface area (Å²) in [6, 6.07) is 13.7. The molecule has 5 nitrogen and oxygen atoms in total. The highest BCUT2D eigenvalue weighted by Crippen LogP contribution is 2.30. The summed E-state index contributed by atoms with van der Waals surface area (Å²) in [4.78, 5) is 12.6. The lowest BCUT2D eigenvalue weighted by Crippen LogP contribution is -2.49. The van der Waals surface area contributed by atoms with Gasteiger partial charge in [-0.2, -0.15) is 0 Å². The van der Waals surface area contributed by atoms with Gasteiger partial charge in [-0.15, -0.1) is 0 Å². The van der Waals surface area contributed by atoms with Crippen LogP contribution in [-0.4, -0.2) is 18.0 Å². The van der Waals surface area contributed by atoms with Gasteiger partial charge in [0, 0.05) is 6.04 Å². The summed E-state index contributed by atoms with van der Waals surface area (Å²) < 4.78 is 13.0. The highest BCUT2D eigenvalue weighted by molar-refractivity contribution is 5.82. The van der Waals surface area contributed by atoms with Crippen molar-refractivity contribution in [3.05, 3.63) is 71.0 Å². The van der Waals surface area contributed by atoms with E-state index in [1.54, 1.807) is 12.1 Å². The number of fused-ring (bicyclic) bond motifs is 1. The number of rotatable bonds is 3. The predicted molar refractivity (Wildman–Crippen MR) is 92.8 cm³/mol. The van der Waals surface area contributed by atoms with Crippen LogP contribution in [0.3, 0.4) is 0 Å². The number of hydrogen-bond acceptors (Lipinski definition) is 4. The summed E-state index contributed by atoms with van der Waals surface area (Å²) in [6.07, 6.45) is 1.36. The molecule has 4 rings (SSSR count). The molecule has 0 spiro atoms. The number of amides is 1. The Morgan fingerprint density at radius 1 is 1.12 bits per heavy atom. The van der Waals surface area contributed by atoms with Gasteiger partial charge in [0.2, 0.25) is 5.91 Å². The first-order chi connectivity index (χ1) is 12.1. The SMILES string of the molecule is N[C@H]1c2ccccc2C[C@@H]1NC(=O)C1CC(c2ccc(F)cc2)NN1. The molecule has 0 bridgehead atoms. The minimum Gasteiger partial charge on any atom is -0.350 e. The fourth-order valence-corrected chi connectivity index (χ4v) is 3.69. The van der Waals surface area contributed by atoms with Crippen molar-refractivity contribution < 1.29 is 9.18 Å². The molecular formula is C19H21FN4O. The van der Waals surface area contributed by atoms with Crippen molar-refractivity contribution in [3.8, 4) is 0 Å². The quantitative estimate of drug-likeness (QED) is 0.682. The van der Waals surface area contributed by atoms with Gasteiger partial charge in [0.15, 0.2) is 0 Å². The topological polar surface area (TPSA) is 79.2 Å².